The zero-order chi connectivity index (χ0) is 53.3. The molecule has 6 saturated heterocycles. The highest BCUT2D eigenvalue weighted by atomic mass is 31.2. The molecule has 6 heterocycles. The SMILES string of the molecule is O=P(O)(O)OCC1O[C@H](OC2[C@@H](O[C@@H]3C(O)[C@H](O)OC(CO[C@H]4OC(CO[C@H]5OC(CO)[C@@H](O)[C@H](O)C5O[C@H]5OC(COO)[C@@H](O)[C@H](O)C5O)[C@@H](O)[C@H](O)C4O)[C@H]3O)OC(CO)[C@@H](O)[C@@H]2O)C(O)[C@@H](O)[C@@H]1O. The molecule has 6 aliphatic heterocycles. The van der Waals surface area contributed by atoms with Crippen LogP contribution in [0.25, 0.3) is 0 Å². The van der Waals surface area contributed by atoms with Crippen molar-refractivity contribution in [2.24, 2.45) is 0 Å². The van der Waals surface area contributed by atoms with E-state index in [9.17, 15) is 96.5 Å². The molecular weight excluding hydrogens is 1020 g/mol. The summed E-state index contributed by atoms with van der Waals surface area (Å²) in [5.41, 5.74) is 0. The van der Waals surface area contributed by atoms with Crippen molar-refractivity contribution in [1.29, 1.82) is 0 Å². The Kier molecular flexibility index (Phi) is 21.3. The fraction of sp³-hybridized carbons (Fsp3) is 1.00. The molecule has 21 N–H and O–H groups in total. The lowest BCUT2D eigenvalue weighted by Crippen LogP contribution is -2.67. The lowest BCUT2D eigenvalue weighted by molar-refractivity contribution is -0.389. The number of aliphatic hydroxyl groups excluding tert-OH is 18. The lowest BCUT2D eigenvalue weighted by Gasteiger charge is -2.48. The zero-order valence-electron chi connectivity index (χ0n) is 37.1. The summed E-state index contributed by atoms with van der Waals surface area (Å²) >= 11 is 0. The van der Waals surface area contributed by atoms with Crippen LogP contribution in [0.2, 0.25) is 0 Å². The molecule has 0 spiro atoms. The molecule has 6 rings (SSSR count). The number of aliphatic hydroxyl groups is 18. The molecule has 36 heteroatoms. The van der Waals surface area contributed by atoms with Gasteiger partial charge in [-0.2, -0.15) is 0 Å². The van der Waals surface area contributed by atoms with Crippen molar-refractivity contribution in [2.75, 3.05) is 39.6 Å². The predicted molar refractivity (Wildman–Crippen MR) is 212 cm³/mol. The van der Waals surface area contributed by atoms with Crippen LogP contribution >= 0.6 is 7.82 Å². The van der Waals surface area contributed by atoms with Gasteiger partial charge in [-0.15, -0.1) is 0 Å². The van der Waals surface area contributed by atoms with Gasteiger partial charge < -0.3 is 154 Å². The first-order valence-electron chi connectivity index (χ1n) is 22.0. The Hall–Kier alpha value is -1.13. The third kappa shape index (κ3) is 13.4. The summed E-state index contributed by atoms with van der Waals surface area (Å²) in [6.07, 6.45) is -59.4. The van der Waals surface area contributed by atoms with Crippen LogP contribution in [0.5, 0.6) is 0 Å². The van der Waals surface area contributed by atoms with Crippen LogP contribution in [0, 0.1) is 0 Å². The van der Waals surface area contributed by atoms with E-state index < -0.39 is 232 Å². The number of rotatable bonds is 19. The lowest BCUT2D eigenvalue weighted by atomic mass is 9.96. The van der Waals surface area contributed by atoms with E-state index in [0.717, 1.165) is 0 Å². The first-order valence-corrected chi connectivity index (χ1v) is 23.6. The van der Waals surface area contributed by atoms with Crippen LogP contribution in [0.3, 0.4) is 0 Å². The third-order valence-corrected chi connectivity index (χ3v) is 13.2. The summed E-state index contributed by atoms with van der Waals surface area (Å²) in [6.45, 7) is -5.57. The topological polar surface area (TPSA) is 562 Å². The number of hydrogen-bond acceptors (Lipinski definition) is 33. The Morgan fingerprint density at radius 2 is 0.708 bits per heavy atom. The molecule has 12 unspecified atom stereocenters. The van der Waals surface area contributed by atoms with Crippen molar-refractivity contribution in [1.82, 2.24) is 0 Å². The van der Waals surface area contributed by atoms with Crippen molar-refractivity contribution in [3.8, 4) is 0 Å². The van der Waals surface area contributed by atoms with E-state index >= 15 is 0 Å². The zero-order valence-corrected chi connectivity index (χ0v) is 38.0. The fourth-order valence-corrected chi connectivity index (χ4v) is 8.82. The van der Waals surface area contributed by atoms with Gasteiger partial charge in [-0.1, -0.05) is 0 Å². The summed E-state index contributed by atoms with van der Waals surface area (Å²) in [4.78, 5) is 22.2. The summed E-state index contributed by atoms with van der Waals surface area (Å²) in [6, 6.07) is 0. The highest BCUT2D eigenvalue weighted by molar-refractivity contribution is 7.46. The van der Waals surface area contributed by atoms with Gasteiger partial charge >= 0.3 is 7.82 Å². The van der Waals surface area contributed by atoms with Crippen molar-refractivity contribution in [2.45, 2.75) is 184 Å². The van der Waals surface area contributed by atoms with Crippen LogP contribution in [0.1, 0.15) is 0 Å². The molecule has 0 saturated carbocycles. The van der Waals surface area contributed by atoms with Gasteiger partial charge in [-0.3, -0.25) is 9.78 Å². The van der Waals surface area contributed by atoms with Crippen molar-refractivity contribution < 1.29 is 173 Å². The highest BCUT2D eigenvalue weighted by Gasteiger charge is 2.56. The van der Waals surface area contributed by atoms with E-state index in [-0.39, 0.29) is 0 Å². The minimum atomic E-state index is -5.18. The molecule has 0 bridgehead atoms. The Labute approximate surface area is 404 Å². The molecule has 0 aromatic rings. The Morgan fingerprint density at radius 3 is 1.18 bits per heavy atom. The maximum absolute atomic E-state index is 11.4. The molecule has 0 aromatic heterocycles. The largest absolute Gasteiger partial charge is 0.469 e. The first-order chi connectivity index (χ1) is 33.8. The molecule has 0 radical (unpaired) electrons. The number of ether oxygens (including phenoxy) is 11. The molecule has 422 valence electrons. The predicted octanol–water partition coefficient (Wildman–Crippen LogP) is -13.5. The highest BCUT2D eigenvalue weighted by Crippen LogP contribution is 2.38. The van der Waals surface area contributed by atoms with Gasteiger partial charge in [0.2, 0.25) is 0 Å². The molecule has 0 amide bonds. The van der Waals surface area contributed by atoms with E-state index in [1.54, 1.807) is 0 Å². The smallest absolute Gasteiger partial charge is 0.394 e. The molecule has 30 atom stereocenters. The van der Waals surface area contributed by atoms with Gasteiger partial charge in [0.15, 0.2) is 37.7 Å². The van der Waals surface area contributed by atoms with Gasteiger partial charge in [-0.25, -0.2) is 9.45 Å². The third-order valence-electron chi connectivity index (χ3n) is 12.7. The van der Waals surface area contributed by atoms with Gasteiger partial charge in [0.1, 0.15) is 153 Å². The van der Waals surface area contributed by atoms with Crippen LogP contribution in [0.15, 0.2) is 0 Å². The monoisotopic (exact) mass is 1090 g/mol. The van der Waals surface area contributed by atoms with Crippen LogP contribution in [0.4, 0.5) is 0 Å². The van der Waals surface area contributed by atoms with Crippen LogP contribution in [-0.2, 0) is 66.1 Å². The van der Waals surface area contributed by atoms with Gasteiger partial charge in [0.25, 0.3) is 0 Å². The quantitative estimate of drug-likeness (QED) is 0.0324. The second-order valence-corrected chi connectivity index (χ2v) is 18.8. The van der Waals surface area contributed by atoms with Crippen molar-refractivity contribution >= 4 is 7.82 Å². The first kappa shape index (κ1) is 60.1. The van der Waals surface area contributed by atoms with Gasteiger partial charge in [0, 0.05) is 0 Å². The number of phosphoric ester groups is 1. The molecule has 0 aromatic carbocycles. The van der Waals surface area contributed by atoms with Crippen molar-refractivity contribution in [3.63, 3.8) is 0 Å². The van der Waals surface area contributed by atoms with Crippen molar-refractivity contribution in [3.05, 3.63) is 0 Å². The van der Waals surface area contributed by atoms with Gasteiger partial charge in [-0.05, 0) is 0 Å². The van der Waals surface area contributed by atoms with E-state index in [4.69, 9.17) is 67.1 Å². The normalized spacial score (nSPS) is 50.7. The summed E-state index contributed by atoms with van der Waals surface area (Å²) in [7, 11) is -5.18. The van der Waals surface area contributed by atoms with Gasteiger partial charge in [0.05, 0.1) is 33.0 Å². The Balaban J connectivity index is 1.13. The maximum atomic E-state index is 11.4. The molecule has 0 aliphatic carbocycles. The average Bonchev–Trinajstić information content (AvgIpc) is 3.34. The number of hydrogen-bond donors (Lipinski definition) is 21. The second kappa shape index (κ2) is 25.6. The standard InChI is InChI=1S/C36H63O35P/c37-1-7-13(39)22(48)29(70-33-25(51)20(46)16(42)11(67-33)5-61-55)35(64-7)60-3-9-15(41)19(45)24(50)32(66-9)59-4-10-18(44)28(27(53)31(54)63-10)69-36-30(23(49)14(40)8(2-38)65-36)71-34-26(52)21(47)17(43)12(68-34)6-62-72(56,57)58/h7-55H,1-6H2,(H2,56,57,58)/t7?,8?,9?,10?,11?,12?,13-,14-,15-,16-,17-,18-,19+,20+,21+,22+,23+,24?,25?,26?,27?,28+,29?,30?,31-,32+,33-,34-,35+,36-/m1/s1. The van der Waals surface area contributed by atoms with E-state index in [1.165, 1.54) is 0 Å². The minimum absolute atomic E-state index is 0.744. The fourth-order valence-electron chi connectivity index (χ4n) is 8.47. The van der Waals surface area contributed by atoms with E-state index in [2.05, 4.69) is 9.41 Å². The van der Waals surface area contributed by atoms with E-state index in [0.29, 0.717) is 0 Å². The molecule has 6 aliphatic rings. The molecule has 35 nitrogen and oxygen atoms in total. The summed E-state index contributed by atoms with van der Waals surface area (Å²) in [5, 5.41) is 200. The average molecular weight is 1090 g/mol. The van der Waals surface area contributed by atoms with Crippen LogP contribution < -0.4 is 0 Å². The number of phosphoric acid groups is 1. The second-order valence-electron chi connectivity index (χ2n) is 17.6. The summed E-state index contributed by atoms with van der Waals surface area (Å²) < 4.78 is 76.4. The molecule has 6 fully saturated rings. The molecule has 72 heavy (non-hydrogen) atoms. The maximum Gasteiger partial charge on any atom is 0.469 e. The summed E-state index contributed by atoms with van der Waals surface area (Å²) in [5.74, 6) is 0. The Bertz CT molecular complexity index is 1710. The van der Waals surface area contributed by atoms with Crippen LogP contribution in [-0.4, -0.2) is 331 Å². The van der Waals surface area contributed by atoms with E-state index in [1.807, 2.05) is 0 Å². The minimum Gasteiger partial charge on any atom is -0.394 e. The Morgan fingerprint density at radius 1 is 0.347 bits per heavy atom. The molecular formula is C36H63O35P.